The van der Waals surface area contributed by atoms with Crippen molar-refractivity contribution in [1.29, 1.82) is 0 Å². The molecule has 3 amide bonds. The molecule has 5 fully saturated rings. The Morgan fingerprint density at radius 2 is 0.756 bits per heavy atom. The number of nitrogens with one attached hydrogen (secondary N) is 3. The Balaban J connectivity index is 0.000000160. The van der Waals surface area contributed by atoms with Crippen molar-refractivity contribution in [2.45, 2.75) is 147 Å². The van der Waals surface area contributed by atoms with E-state index in [1.165, 1.54) is 52.5 Å². The second-order valence-corrected chi connectivity index (χ2v) is 35.5. The molecule has 6 aromatic carbocycles. The monoisotopic (exact) mass is 1910 g/mol. The lowest BCUT2D eigenvalue weighted by molar-refractivity contribution is 0.0272. The van der Waals surface area contributed by atoms with Gasteiger partial charge >= 0.3 is 7.12 Å². The van der Waals surface area contributed by atoms with Crippen molar-refractivity contribution in [1.82, 2.24) is 60.5 Å². The number of pyridine rings is 5. The zero-order valence-electron chi connectivity index (χ0n) is 73.9. The number of rotatable bonds is 29. The summed E-state index contributed by atoms with van der Waals surface area (Å²) in [5.41, 5.74) is 33.4. The van der Waals surface area contributed by atoms with E-state index in [4.69, 9.17) is 41.5 Å². The second-order valence-electron chi connectivity index (χ2n) is 33.6. The molecule has 11 aromatic rings. The molecule has 8 atom stereocenters. The molecule has 5 aliphatic rings. The van der Waals surface area contributed by atoms with Crippen LogP contribution in [0.15, 0.2) is 228 Å². The molecule has 2 aliphatic heterocycles. The fourth-order valence-corrected chi connectivity index (χ4v) is 17.7. The molecule has 16 rings (SSSR count). The Labute approximate surface area is 780 Å². The van der Waals surface area contributed by atoms with Crippen molar-refractivity contribution < 1.29 is 62.4 Å². The molecule has 5 aromatic heterocycles. The number of hydrogen-bond donors (Lipinski definition) is 10. The number of piperazine rings is 2. The number of amides is 3. The summed E-state index contributed by atoms with van der Waals surface area (Å²) in [6.45, 7) is 17.6. The van der Waals surface area contributed by atoms with Crippen LogP contribution in [0.1, 0.15) is 160 Å². The summed E-state index contributed by atoms with van der Waals surface area (Å²) in [7, 11) is -1.65. The standard InChI is InChI=1S/C37H43FN6O3.C32H40BrN5O3.C26H26BrN3O3.C5H5BFNO2/c1-25(44-15-13-43(14-16-44)17-18-45)27-9-11-29(12-10-27)28-7-5-26(6-8-28)24-47-35-4-2-3-34(35)42-37(46)33-20-31(22-41-36(33)39)30-19-32(38)23-40-21-30;1-22(38-15-13-37(14-16-38)17-18-39)24-9-11-26(12-10-24)25-7-5-23(6-8-25)21-41-30-4-2-3-29(30)36-32(40)28-19-27(33)20-35-31(28)34;1-16(31)18-9-11-20(12-10-18)19-7-5-17(6-8-19)15-33-24-4-2-3-23(24)30-26(32)22-13-21(27)14-29-25(22)28;7-5-1-4(6(9)10)2-8-3-5/h5-12,19-23,25,34-35,45H,2-4,13-18,24H2,1H3,(H2,39,41)(H,42,46);5-12,19-20,22,29-30,39H,2-4,13-18,21H2,1H3,(H2,34,35)(H,36,40);5-14,23-24H,2-4,15H2,1H3,(H2,28,29)(H,30,32);1-3,9-10H/t25?,34-,35-;22?,29-,30-;23-,24-;/m000./s1. The smallest absolute Gasteiger partial charge is 0.423 e. The Bertz CT molecular complexity index is 5580. The Morgan fingerprint density at radius 3 is 1.09 bits per heavy atom. The number of β-amino-alcohol motifs (C(OH)–C–C–N with tert-alkyl or cyclic N) is 2. The number of benzene rings is 6. The molecule has 0 bridgehead atoms. The molecular formula is C100H114BBr2F2N15O11. The van der Waals surface area contributed by atoms with Gasteiger partial charge in [-0.2, -0.15) is 0 Å². The van der Waals surface area contributed by atoms with Gasteiger partial charge in [0.15, 0.2) is 5.78 Å². The maximum atomic E-state index is 13.7. The van der Waals surface area contributed by atoms with Crippen LogP contribution in [-0.2, 0) is 34.0 Å². The first-order chi connectivity index (χ1) is 63.4. The maximum Gasteiger partial charge on any atom is 0.490 e. The van der Waals surface area contributed by atoms with Gasteiger partial charge in [0, 0.05) is 140 Å². The highest BCUT2D eigenvalue weighted by atomic mass is 79.9. The topological polar surface area (TPSA) is 368 Å². The van der Waals surface area contributed by atoms with E-state index >= 15 is 0 Å². The van der Waals surface area contributed by atoms with Crippen molar-refractivity contribution >= 4 is 85.4 Å². The van der Waals surface area contributed by atoms with E-state index in [2.05, 4.69) is 215 Å². The molecule has 3 aliphatic carbocycles. The van der Waals surface area contributed by atoms with E-state index in [9.17, 15) is 38.2 Å². The average molecular weight is 1910 g/mol. The van der Waals surface area contributed by atoms with Gasteiger partial charge in [0.05, 0.1) is 98.6 Å². The molecule has 13 N–H and O–H groups in total. The number of aliphatic hydroxyl groups is 2. The number of halogens is 4. The number of ether oxygens (including phenoxy) is 3. The number of nitrogens with zero attached hydrogens (tertiary/aromatic N) is 9. The fraction of sp³-hybridized carbons (Fsp3) is 0.350. The summed E-state index contributed by atoms with van der Waals surface area (Å²) in [6.07, 6.45) is 17.5. The Kier molecular flexibility index (Phi) is 35.7. The van der Waals surface area contributed by atoms with E-state index < -0.39 is 18.8 Å². The van der Waals surface area contributed by atoms with Gasteiger partial charge < -0.3 is 67.6 Å². The number of anilines is 3. The van der Waals surface area contributed by atoms with E-state index in [1.807, 2.05) is 36.4 Å². The van der Waals surface area contributed by atoms with Crippen LogP contribution < -0.4 is 38.6 Å². The van der Waals surface area contributed by atoms with E-state index in [0.29, 0.717) is 64.2 Å². The van der Waals surface area contributed by atoms with Crippen molar-refractivity contribution in [3.05, 3.63) is 290 Å². The predicted octanol–water partition coefficient (Wildman–Crippen LogP) is 13.8. The van der Waals surface area contributed by atoms with Crippen molar-refractivity contribution in [2.75, 3.05) is 95.9 Å². The second kappa shape index (κ2) is 47.9. The molecule has 686 valence electrons. The minimum Gasteiger partial charge on any atom is -0.423 e. The third-order valence-corrected chi connectivity index (χ3v) is 25.7. The number of hydrogen-bond acceptors (Lipinski definition) is 23. The average Bonchev–Trinajstić information content (AvgIpc) is 1.76. The van der Waals surface area contributed by atoms with Crippen LogP contribution in [0.2, 0.25) is 0 Å². The maximum absolute atomic E-state index is 13.7. The molecule has 26 nitrogen and oxygen atoms in total. The number of nitrogens with two attached hydrogens (primary N) is 3. The van der Waals surface area contributed by atoms with Crippen LogP contribution in [0.5, 0.6) is 0 Å². The van der Waals surface area contributed by atoms with Crippen LogP contribution >= 0.6 is 31.9 Å². The lowest BCUT2D eigenvalue weighted by Crippen LogP contribution is -2.47. The van der Waals surface area contributed by atoms with Crippen LogP contribution in [0, 0.1) is 11.6 Å². The molecule has 2 saturated heterocycles. The fourth-order valence-electron chi connectivity index (χ4n) is 17.1. The quantitative estimate of drug-likeness (QED) is 0.0154. The van der Waals surface area contributed by atoms with Gasteiger partial charge in [0.1, 0.15) is 29.1 Å². The van der Waals surface area contributed by atoms with E-state index in [-0.39, 0.29) is 102 Å². The predicted molar refractivity (Wildman–Crippen MR) is 512 cm³/mol. The van der Waals surface area contributed by atoms with Gasteiger partial charge in [0.2, 0.25) is 0 Å². The number of Topliss-reactive ketones (excluding diaryl/α,β-unsaturated/α-hetero) is 1. The number of ketones is 1. The number of carbonyl (C=O) groups excluding carboxylic acids is 4. The first-order valence-corrected chi connectivity index (χ1v) is 46.1. The van der Waals surface area contributed by atoms with Crippen LogP contribution in [0.25, 0.3) is 44.5 Å². The zero-order chi connectivity index (χ0) is 92.5. The van der Waals surface area contributed by atoms with Crippen molar-refractivity contribution in [3.8, 4) is 44.5 Å². The van der Waals surface area contributed by atoms with Gasteiger partial charge in [-0.3, -0.25) is 48.7 Å². The largest absolute Gasteiger partial charge is 0.490 e. The minimum absolute atomic E-state index is 0.0350. The third kappa shape index (κ3) is 27.6. The highest BCUT2D eigenvalue weighted by Gasteiger charge is 2.35. The summed E-state index contributed by atoms with van der Waals surface area (Å²) >= 11 is 6.69. The first kappa shape index (κ1) is 97.5. The van der Waals surface area contributed by atoms with Gasteiger partial charge in [-0.05, 0) is 202 Å². The minimum atomic E-state index is -1.65. The summed E-state index contributed by atoms with van der Waals surface area (Å²) in [6, 6.07) is 58.3. The molecule has 131 heavy (non-hydrogen) atoms. The molecule has 0 spiro atoms. The van der Waals surface area contributed by atoms with Crippen molar-refractivity contribution in [2.24, 2.45) is 0 Å². The SMILES string of the molecule is CC(=O)c1ccc(-c2ccc(CO[C@H]3CCC[C@@H]3NC(=O)c3cc(Br)cnc3N)cc2)cc1.CC(c1ccc(-c2ccc(CO[C@H]3CCC[C@@H]3NC(=O)c3cc(-c4cncc(F)c4)cnc3N)cc2)cc1)N1CCN(CCO)CC1.CC(c1ccc(-c2ccc(CO[C@H]3CCC[C@@H]3NC(=O)c3cc(Br)cnc3N)cc2)cc1)N1CCN(CCO)CC1.OB(O)c1cncc(F)c1. The molecule has 3 saturated carbocycles. The highest BCUT2D eigenvalue weighted by molar-refractivity contribution is 9.10. The molecular weight excluding hydrogens is 1800 g/mol. The summed E-state index contributed by atoms with van der Waals surface area (Å²) in [5, 5.41) is 44.6. The first-order valence-electron chi connectivity index (χ1n) is 44.5. The zero-order valence-corrected chi connectivity index (χ0v) is 77.0. The molecule has 7 heterocycles. The van der Waals surface area contributed by atoms with Gasteiger partial charge in [0.25, 0.3) is 17.7 Å². The number of nitrogen functional groups attached to an aromatic ring is 3. The molecule has 0 radical (unpaired) electrons. The summed E-state index contributed by atoms with van der Waals surface area (Å²) in [5.74, 6) is -1.22. The van der Waals surface area contributed by atoms with Gasteiger partial charge in [-0.1, -0.05) is 146 Å². The lowest BCUT2D eigenvalue weighted by Gasteiger charge is -2.38. The lowest BCUT2D eigenvalue weighted by atomic mass is 9.82. The Hall–Kier alpha value is -11.0. The number of carbonyl (C=O) groups is 4. The number of aromatic nitrogens is 5. The third-order valence-electron chi connectivity index (χ3n) is 24.9. The highest BCUT2D eigenvalue weighted by Crippen LogP contribution is 2.34. The summed E-state index contributed by atoms with van der Waals surface area (Å²) in [4.78, 5) is 79.5. The van der Waals surface area contributed by atoms with Crippen LogP contribution in [0.4, 0.5) is 26.2 Å². The number of aliphatic hydroxyl groups excluding tert-OH is 2. The van der Waals surface area contributed by atoms with E-state index in [1.54, 1.807) is 37.5 Å². The van der Waals surface area contributed by atoms with Gasteiger partial charge in [-0.25, -0.2) is 23.7 Å². The molecule has 2 unspecified atom stereocenters. The summed E-state index contributed by atoms with van der Waals surface area (Å²) < 4.78 is 46.1. The molecule has 31 heteroatoms. The Morgan fingerprint density at radius 1 is 0.427 bits per heavy atom. The van der Waals surface area contributed by atoms with Crippen molar-refractivity contribution in [3.63, 3.8) is 0 Å². The normalized spacial score (nSPS) is 18.6. The van der Waals surface area contributed by atoms with Crippen LogP contribution in [-0.4, -0.2) is 211 Å². The van der Waals surface area contributed by atoms with E-state index in [0.717, 1.165) is 180 Å². The van der Waals surface area contributed by atoms with Crippen LogP contribution in [0.3, 0.4) is 0 Å². The van der Waals surface area contributed by atoms with Gasteiger partial charge in [-0.15, -0.1) is 0 Å².